The van der Waals surface area contributed by atoms with Crippen molar-refractivity contribution in [3.05, 3.63) is 0 Å². The molecule has 0 unspecified atom stereocenters. The van der Waals surface area contributed by atoms with E-state index in [9.17, 15) is 14.4 Å². The van der Waals surface area contributed by atoms with E-state index < -0.39 is 5.41 Å². The minimum atomic E-state index is -0.547. The summed E-state index contributed by atoms with van der Waals surface area (Å²) in [6.07, 6.45) is 2.03. The van der Waals surface area contributed by atoms with Crippen LogP contribution < -0.4 is 0 Å². The summed E-state index contributed by atoms with van der Waals surface area (Å²) in [5.74, 6) is 2.90. The molecule has 6 heteroatoms. The highest BCUT2D eigenvalue weighted by Crippen LogP contribution is 2.23. The summed E-state index contributed by atoms with van der Waals surface area (Å²) >= 11 is 3.30. The maximum atomic E-state index is 11.7. The monoisotopic (exact) mass is 348 g/mol. The van der Waals surface area contributed by atoms with Crippen molar-refractivity contribution in [3.8, 4) is 0 Å². The Hall–Kier alpha value is -0.490. The summed E-state index contributed by atoms with van der Waals surface area (Å²) in [4.78, 5) is 34.9. The third-order valence-corrected chi connectivity index (χ3v) is 5.60. The smallest absolute Gasteiger partial charge is 0.312 e. The predicted molar refractivity (Wildman–Crippen MR) is 94.6 cm³/mol. The highest BCUT2D eigenvalue weighted by Gasteiger charge is 2.28. The number of esters is 1. The van der Waals surface area contributed by atoms with Crippen LogP contribution in [0.2, 0.25) is 0 Å². The second kappa shape index (κ2) is 12.0. The zero-order chi connectivity index (χ0) is 17.0. The number of hydrogen-bond donors (Lipinski definition) is 0. The summed E-state index contributed by atoms with van der Waals surface area (Å²) in [5.41, 5.74) is -0.547. The maximum absolute atomic E-state index is 11.7. The van der Waals surface area contributed by atoms with Gasteiger partial charge in [-0.2, -0.15) is 23.5 Å². The van der Waals surface area contributed by atoms with Gasteiger partial charge < -0.3 is 4.74 Å². The van der Waals surface area contributed by atoms with Crippen LogP contribution in [-0.4, -0.2) is 47.7 Å². The van der Waals surface area contributed by atoms with E-state index in [0.29, 0.717) is 24.3 Å². The number of ether oxygens (including phenoxy) is 1. The molecule has 0 aromatic carbocycles. The SMILES string of the molecule is CCCSCCC(=O)CC(=O)CCSCC(C)(C)C(=O)OC. The summed E-state index contributed by atoms with van der Waals surface area (Å²) in [7, 11) is 1.38. The van der Waals surface area contributed by atoms with Gasteiger partial charge >= 0.3 is 5.97 Å². The fourth-order valence-electron chi connectivity index (χ4n) is 1.68. The Bertz CT molecular complexity index is 367. The molecule has 0 bridgehead atoms. The minimum absolute atomic E-state index is 0.00568. The Labute approximate surface area is 142 Å². The average molecular weight is 349 g/mol. The zero-order valence-electron chi connectivity index (χ0n) is 14.1. The molecule has 0 amide bonds. The number of carbonyl (C=O) groups is 3. The van der Waals surface area contributed by atoms with Crippen molar-refractivity contribution in [2.45, 2.75) is 46.5 Å². The molecule has 0 fully saturated rings. The number of Topliss-reactive ketones (excluding diaryl/α,β-unsaturated/α-hetero) is 2. The topological polar surface area (TPSA) is 60.4 Å². The summed E-state index contributed by atoms with van der Waals surface area (Å²) in [5, 5.41) is 0. The third kappa shape index (κ3) is 10.3. The number of rotatable bonds is 13. The Morgan fingerprint density at radius 2 is 1.50 bits per heavy atom. The van der Waals surface area contributed by atoms with Gasteiger partial charge in [-0.1, -0.05) is 6.92 Å². The fourth-order valence-corrected chi connectivity index (χ4v) is 3.69. The van der Waals surface area contributed by atoms with Gasteiger partial charge in [0.05, 0.1) is 18.9 Å². The Morgan fingerprint density at radius 3 is 2.00 bits per heavy atom. The van der Waals surface area contributed by atoms with Crippen molar-refractivity contribution in [2.24, 2.45) is 5.41 Å². The molecular weight excluding hydrogens is 320 g/mol. The van der Waals surface area contributed by atoms with Crippen LogP contribution in [0.25, 0.3) is 0 Å². The van der Waals surface area contributed by atoms with Gasteiger partial charge in [0.25, 0.3) is 0 Å². The van der Waals surface area contributed by atoms with Crippen molar-refractivity contribution in [1.82, 2.24) is 0 Å². The van der Waals surface area contributed by atoms with Crippen LogP contribution in [0.15, 0.2) is 0 Å². The normalized spacial score (nSPS) is 11.3. The third-order valence-electron chi connectivity index (χ3n) is 2.99. The first-order chi connectivity index (χ1) is 10.3. The van der Waals surface area contributed by atoms with E-state index in [4.69, 9.17) is 4.74 Å². The molecule has 0 atom stereocenters. The van der Waals surface area contributed by atoms with Crippen LogP contribution in [0.3, 0.4) is 0 Å². The first kappa shape index (κ1) is 21.5. The van der Waals surface area contributed by atoms with Crippen LogP contribution in [-0.2, 0) is 19.1 Å². The lowest BCUT2D eigenvalue weighted by molar-refractivity contribution is -0.149. The molecule has 0 saturated carbocycles. The number of ketones is 2. The Kier molecular flexibility index (Phi) is 11.7. The van der Waals surface area contributed by atoms with Gasteiger partial charge in [0.2, 0.25) is 0 Å². The van der Waals surface area contributed by atoms with E-state index >= 15 is 0 Å². The molecule has 0 aliphatic heterocycles. The van der Waals surface area contributed by atoms with Gasteiger partial charge in [-0.3, -0.25) is 14.4 Å². The van der Waals surface area contributed by atoms with Gasteiger partial charge in [0, 0.05) is 30.1 Å². The number of methoxy groups -OCH3 is 1. The van der Waals surface area contributed by atoms with Gasteiger partial charge in [0.15, 0.2) is 0 Å². The lowest BCUT2D eigenvalue weighted by Crippen LogP contribution is -2.28. The molecule has 0 saturated heterocycles. The number of carbonyl (C=O) groups excluding carboxylic acids is 3. The number of thioether (sulfide) groups is 2. The standard InChI is InChI=1S/C16H28O4S2/c1-5-8-21-9-6-13(17)11-14(18)7-10-22-12-16(2,3)15(19)20-4/h5-12H2,1-4H3. The quantitative estimate of drug-likeness (QED) is 0.289. The molecule has 0 aromatic heterocycles. The minimum Gasteiger partial charge on any atom is -0.469 e. The molecule has 0 radical (unpaired) electrons. The molecule has 0 spiro atoms. The zero-order valence-corrected chi connectivity index (χ0v) is 15.7. The summed E-state index contributed by atoms with van der Waals surface area (Å²) in [6, 6.07) is 0. The Balaban J connectivity index is 3.77. The average Bonchev–Trinajstić information content (AvgIpc) is 2.47. The molecule has 0 aliphatic rings. The largest absolute Gasteiger partial charge is 0.469 e. The second-order valence-corrected chi connectivity index (χ2v) is 8.12. The molecule has 22 heavy (non-hydrogen) atoms. The molecule has 4 nitrogen and oxygen atoms in total. The molecule has 0 N–H and O–H groups in total. The van der Waals surface area contributed by atoms with Crippen LogP contribution in [0, 0.1) is 5.41 Å². The van der Waals surface area contributed by atoms with Crippen LogP contribution >= 0.6 is 23.5 Å². The molecule has 0 aromatic rings. The lowest BCUT2D eigenvalue weighted by Gasteiger charge is -2.20. The fraction of sp³-hybridized carbons (Fsp3) is 0.812. The van der Waals surface area contributed by atoms with Crippen molar-refractivity contribution >= 4 is 41.1 Å². The Morgan fingerprint density at radius 1 is 0.955 bits per heavy atom. The maximum Gasteiger partial charge on any atom is 0.312 e. The molecule has 0 heterocycles. The van der Waals surface area contributed by atoms with E-state index in [-0.39, 0.29) is 24.0 Å². The van der Waals surface area contributed by atoms with Crippen LogP contribution in [0.1, 0.15) is 46.5 Å². The first-order valence-corrected chi connectivity index (χ1v) is 9.91. The highest BCUT2D eigenvalue weighted by molar-refractivity contribution is 7.99. The summed E-state index contributed by atoms with van der Waals surface area (Å²) < 4.78 is 4.73. The van der Waals surface area contributed by atoms with Crippen molar-refractivity contribution in [3.63, 3.8) is 0 Å². The van der Waals surface area contributed by atoms with Crippen molar-refractivity contribution in [2.75, 3.05) is 30.1 Å². The van der Waals surface area contributed by atoms with Gasteiger partial charge in [-0.05, 0) is 26.0 Å². The van der Waals surface area contributed by atoms with Crippen LogP contribution in [0.4, 0.5) is 0 Å². The molecule has 128 valence electrons. The van der Waals surface area contributed by atoms with Gasteiger partial charge in [0.1, 0.15) is 11.6 Å². The summed E-state index contributed by atoms with van der Waals surface area (Å²) in [6.45, 7) is 5.76. The lowest BCUT2D eigenvalue weighted by atomic mass is 9.97. The molecule has 0 aliphatic carbocycles. The van der Waals surface area contributed by atoms with Gasteiger partial charge in [-0.25, -0.2) is 0 Å². The van der Waals surface area contributed by atoms with Crippen LogP contribution in [0.5, 0.6) is 0 Å². The van der Waals surface area contributed by atoms with Gasteiger partial charge in [-0.15, -0.1) is 0 Å². The highest BCUT2D eigenvalue weighted by atomic mass is 32.2. The molecular formula is C16H28O4S2. The van der Waals surface area contributed by atoms with E-state index in [2.05, 4.69) is 6.92 Å². The molecule has 0 rings (SSSR count). The van der Waals surface area contributed by atoms with E-state index in [0.717, 1.165) is 17.9 Å². The predicted octanol–water partition coefficient (Wildman–Crippen LogP) is 3.37. The van der Waals surface area contributed by atoms with E-state index in [1.54, 1.807) is 23.5 Å². The number of hydrogen-bond acceptors (Lipinski definition) is 6. The van der Waals surface area contributed by atoms with Crippen molar-refractivity contribution in [1.29, 1.82) is 0 Å². The van der Waals surface area contributed by atoms with Crippen molar-refractivity contribution < 1.29 is 19.1 Å². The second-order valence-electron chi connectivity index (χ2n) is 5.79. The van der Waals surface area contributed by atoms with E-state index in [1.165, 1.54) is 7.11 Å². The van der Waals surface area contributed by atoms with E-state index in [1.807, 2.05) is 13.8 Å². The first-order valence-electron chi connectivity index (χ1n) is 7.60.